The topological polar surface area (TPSA) is 39.2 Å². The van der Waals surface area contributed by atoms with Gasteiger partial charge in [-0.1, -0.05) is 68.4 Å². The van der Waals surface area contributed by atoms with Crippen molar-refractivity contribution in [1.29, 1.82) is 0 Å². The van der Waals surface area contributed by atoms with Crippen LogP contribution in [0.4, 0.5) is 0 Å². The van der Waals surface area contributed by atoms with Gasteiger partial charge in [0.15, 0.2) is 0 Å². The maximum atomic E-state index is 13.0. The molecule has 0 spiro atoms. The highest BCUT2D eigenvalue weighted by atomic mass is 32.1. The van der Waals surface area contributed by atoms with E-state index in [-0.39, 0.29) is 11.4 Å². The third-order valence-corrected chi connectivity index (χ3v) is 7.49. The van der Waals surface area contributed by atoms with Gasteiger partial charge in [0.1, 0.15) is 10.8 Å². The molecule has 0 unspecified atom stereocenters. The van der Waals surface area contributed by atoms with E-state index in [1.165, 1.54) is 16.7 Å². The van der Waals surface area contributed by atoms with Crippen LogP contribution >= 0.6 is 11.3 Å². The lowest BCUT2D eigenvalue weighted by molar-refractivity contribution is 0.0735. The van der Waals surface area contributed by atoms with Gasteiger partial charge < -0.3 is 4.74 Å². The number of para-hydroxylation sites is 1. The minimum absolute atomic E-state index is 0.153. The Morgan fingerprint density at radius 1 is 0.788 bits per heavy atom. The number of carbonyl (C=O) groups is 1. The normalized spacial score (nSPS) is 13.5. The van der Waals surface area contributed by atoms with Crippen molar-refractivity contribution >= 4 is 27.5 Å². The van der Waals surface area contributed by atoms with Crippen LogP contribution < -0.4 is 4.74 Å². The molecule has 0 saturated heterocycles. The van der Waals surface area contributed by atoms with Gasteiger partial charge in [-0.25, -0.2) is 9.78 Å². The van der Waals surface area contributed by atoms with Gasteiger partial charge in [-0.05, 0) is 58.7 Å². The van der Waals surface area contributed by atoms with Gasteiger partial charge in [-0.15, -0.1) is 11.3 Å². The predicted molar refractivity (Wildman–Crippen MR) is 134 cm³/mol. The Kier molecular flexibility index (Phi) is 4.46. The summed E-state index contributed by atoms with van der Waals surface area (Å²) >= 11 is 1.61. The zero-order chi connectivity index (χ0) is 22.6. The summed E-state index contributed by atoms with van der Waals surface area (Å²) in [6.45, 7) is 4.49. The first kappa shape index (κ1) is 19.9. The Labute approximate surface area is 196 Å². The zero-order valence-electron chi connectivity index (χ0n) is 18.3. The second kappa shape index (κ2) is 7.39. The number of esters is 1. The molecule has 1 heterocycles. The van der Waals surface area contributed by atoms with E-state index >= 15 is 0 Å². The molecule has 160 valence electrons. The number of hydrogen-bond donors (Lipinski definition) is 0. The first-order chi connectivity index (χ1) is 16.0. The van der Waals surface area contributed by atoms with Crippen LogP contribution in [0.15, 0.2) is 91.0 Å². The number of thiazole rings is 1. The lowest BCUT2D eigenvalue weighted by atomic mass is 9.82. The van der Waals surface area contributed by atoms with Gasteiger partial charge in [0.2, 0.25) is 0 Å². The predicted octanol–water partition coefficient (Wildman–Crippen LogP) is 7.49. The van der Waals surface area contributed by atoms with Crippen molar-refractivity contribution in [3.63, 3.8) is 0 Å². The lowest BCUT2D eigenvalue weighted by Crippen LogP contribution is -2.15. The molecule has 0 amide bonds. The van der Waals surface area contributed by atoms with Gasteiger partial charge in [-0.2, -0.15) is 0 Å². The highest BCUT2D eigenvalue weighted by Crippen LogP contribution is 2.52. The molecule has 0 saturated carbocycles. The number of aromatic nitrogens is 1. The number of rotatable bonds is 3. The van der Waals surface area contributed by atoms with E-state index in [4.69, 9.17) is 9.72 Å². The molecule has 4 aromatic carbocycles. The van der Waals surface area contributed by atoms with Crippen molar-refractivity contribution < 1.29 is 9.53 Å². The first-order valence-corrected chi connectivity index (χ1v) is 11.8. The lowest BCUT2D eigenvalue weighted by Gasteiger charge is -2.22. The van der Waals surface area contributed by atoms with Gasteiger partial charge in [0, 0.05) is 5.41 Å². The molecule has 4 heteroatoms. The Balaban J connectivity index is 1.56. The summed E-state index contributed by atoms with van der Waals surface area (Å²) in [6, 6.07) is 29.8. The number of fused-ring (bicyclic) bond motifs is 4. The molecule has 1 aliphatic carbocycles. The largest absolute Gasteiger partial charge is 0.422 e. The van der Waals surface area contributed by atoms with E-state index in [2.05, 4.69) is 50.2 Å². The zero-order valence-corrected chi connectivity index (χ0v) is 19.1. The van der Waals surface area contributed by atoms with Crippen molar-refractivity contribution in [3.8, 4) is 27.4 Å². The van der Waals surface area contributed by atoms with Crippen LogP contribution in [0.3, 0.4) is 0 Å². The fourth-order valence-corrected chi connectivity index (χ4v) is 5.69. The van der Waals surface area contributed by atoms with Crippen molar-refractivity contribution in [2.45, 2.75) is 19.3 Å². The first-order valence-electron chi connectivity index (χ1n) is 10.9. The quantitative estimate of drug-likeness (QED) is 0.212. The molecular formula is C29H21NO2S. The Morgan fingerprint density at radius 3 is 2.33 bits per heavy atom. The number of hydrogen-bond acceptors (Lipinski definition) is 4. The third-order valence-electron chi connectivity index (χ3n) is 6.42. The van der Waals surface area contributed by atoms with E-state index in [1.54, 1.807) is 23.5 Å². The van der Waals surface area contributed by atoms with E-state index in [9.17, 15) is 4.79 Å². The smallest absolute Gasteiger partial charge is 0.343 e. The summed E-state index contributed by atoms with van der Waals surface area (Å²) in [7, 11) is 0. The highest BCUT2D eigenvalue weighted by molar-refractivity contribution is 7.21. The summed E-state index contributed by atoms with van der Waals surface area (Å²) < 4.78 is 7.13. The SMILES string of the molecule is CC1(C)c2ccccc2-c2cc(OC(=O)c3ccccc3)c(-c3nc4ccccc4s3)cc21. The molecule has 6 rings (SSSR count). The summed E-state index contributed by atoms with van der Waals surface area (Å²) in [4.78, 5) is 17.9. The van der Waals surface area contributed by atoms with E-state index in [0.29, 0.717) is 11.3 Å². The van der Waals surface area contributed by atoms with Crippen molar-refractivity contribution in [2.24, 2.45) is 0 Å². The monoisotopic (exact) mass is 447 g/mol. The van der Waals surface area contributed by atoms with Crippen molar-refractivity contribution in [1.82, 2.24) is 4.98 Å². The fourth-order valence-electron chi connectivity index (χ4n) is 4.70. The minimum atomic E-state index is -0.372. The number of ether oxygens (including phenoxy) is 1. The number of carbonyl (C=O) groups excluding carboxylic acids is 1. The molecule has 0 bridgehead atoms. The Morgan fingerprint density at radius 2 is 1.52 bits per heavy atom. The molecule has 0 atom stereocenters. The molecule has 0 N–H and O–H groups in total. The molecular weight excluding hydrogens is 426 g/mol. The van der Waals surface area contributed by atoms with Crippen LogP contribution in [-0.4, -0.2) is 11.0 Å². The highest BCUT2D eigenvalue weighted by Gasteiger charge is 2.36. The van der Waals surface area contributed by atoms with Crippen LogP contribution in [-0.2, 0) is 5.41 Å². The Bertz CT molecular complexity index is 1500. The van der Waals surface area contributed by atoms with Crippen LogP contribution in [0.2, 0.25) is 0 Å². The average Bonchev–Trinajstić information content (AvgIpc) is 3.36. The molecule has 1 aliphatic rings. The van der Waals surface area contributed by atoms with Crippen LogP contribution in [0.25, 0.3) is 31.9 Å². The average molecular weight is 448 g/mol. The van der Waals surface area contributed by atoms with E-state index in [1.807, 2.05) is 42.5 Å². The summed E-state index contributed by atoms with van der Waals surface area (Å²) in [5.74, 6) is 0.164. The molecule has 33 heavy (non-hydrogen) atoms. The Hall–Kier alpha value is -3.76. The van der Waals surface area contributed by atoms with Gasteiger partial charge in [0.25, 0.3) is 0 Å². The van der Waals surface area contributed by atoms with E-state index in [0.717, 1.165) is 26.4 Å². The second-order valence-electron chi connectivity index (χ2n) is 8.81. The molecule has 0 fully saturated rings. The number of benzene rings is 4. The standard InChI is InChI=1S/C29H21NO2S/c1-29(2)22-13-7-6-12-19(22)20-17-25(32-28(31)18-10-4-3-5-11-18)21(16-23(20)29)27-30-24-14-8-9-15-26(24)33-27/h3-17H,1-2H3. The molecule has 1 aromatic heterocycles. The minimum Gasteiger partial charge on any atom is -0.422 e. The van der Waals surface area contributed by atoms with Gasteiger partial charge in [0.05, 0.1) is 21.3 Å². The third kappa shape index (κ3) is 3.18. The van der Waals surface area contributed by atoms with Crippen LogP contribution in [0.5, 0.6) is 5.75 Å². The summed E-state index contributed by atoms with van der Waals surface area (Å²) in [5.41, 5.74) is 6.95. The van der Waals surface area contributed by atoms with Crippen molar-refractivity contribution in [3.05, 3.63) is 108 Å². The fraction of sp³-hybridized carbons (Fsp3) is 0.103. The van der Waals surface area contributed by atoms with Gasteiger partial charge in [-0.3, -0.25) is 0 Å². The maximum absolute atomic E-state index is 13.0. The molecule has 3 nitrogen and oxygen atoms in total. The molecule has 0 aliphatic heterocycles. The molecule has 5 aromatic rings. The van der Waals surface area contributed by atoms with Crippen molar-refractivity contribution in [2.75, 3.05) is 0 Å². The van der Waals surface area contributed by atoms with Crippen LogP contribution in [0.1, 0.15) is 35.3 Å². The van der Waals surface area contributed by atoms with Gasteiger partial charge >= 0.3 is 5.97 Å². The van der Waals surface area contributed by atoms with E-state index < -0.39 is 0 Å². The summed E-state index contributed by atoms with van der Waals surface area (Å²) in [5, 5.41) is 0.849. The summed E-state index contributed by atoms with van der Waals surface area (Å²) in [6.07, 6.45) is 0. The van der Waals surface area contributed by atoms with Crippen LogP contribution in [0, 0.1) is 0 Å². The molecule has 0 radical (unpaired) electrons. The number of nitrogens with zero attached hydrogens (tertiary/aromatic N) is 1. The second-order valence-corrected chi connectivity index (χ2v) is 9.84. The maximum Gasteiger partial charge on any atom is 0.343 e.